The Balaban J connectivity index is 1.92. The first kappa shape index (κ1) is 10.7. The maximum atomic E-state index is 11.7. The van der Waals surface area contributed by atoms with Crippen LogP contribution in [0.5, 0.6) is 0 Å². The number of nitrogens with zero attached hydrogens (tertiary/aromatic N) is 1. The normalized spacial score (nSPS) is 21.9. The molecule has 0 aromatic carbocycles. The Labute approximate surface area is 97.2 Å². The van der Waals surface area contributed by atoms with Crippen molar-refractivity contribution in [3.8, 4) is 0 Å². The molecule has 1 fully saturated rings. The lowest BCUT2D eigenvalue weighted by Crippen LogP contribution is -2.36. The van der Waals surface area contributed by atoms with E-state index in [4.69, 9.17) is 0 Å². The van der Waals surface area contributed by atoms with Crippen LogP contribution in [0.2, 0.25) is 0 Å². The Morgan fingerprint density at radius 2 is 2.53 bits per heavy atom. The summed E-state index contributed by atoms with van der Waals surface area (Å²) in [6, 6.07) is 2.07. The molecule has 0 spiro atoms. The minimum absolute atomic E-state index is 0.0269. The second-order valence-corrected chi connectivity index (χ2v) is 4.87. The van der Waals surface area contributed by atoms with E-state index >= 15 is 0 Å². The van der Waals surface area contributed by atoms with Gasteiger partial charge < -0.3 is 15.2 Å². The van der Waals surface area contributed by atoms with Crippen molar-refractivity contribution in [3.05, 3.63) is 22.4 Å². The number of halogens is 1. The topological polar surface area (TPSA) is 48.1 Å². The number of likely N-dealkylation sites (N-methyl/N-ethyl adjacent to an activating group) is 1. The van der Waals surface area contributed by atoms with Crippen molar-refractivity contribution in [1.82, 2.24) is 15.2 Å². The zero-order valence-electron chi connectivity index (χ0n) is 8.59. The van der Waals surface area contributed by atoms with Crippen molar-refractivity contribution in [2.75, 3.05) is 20.1 Å². The summed E-state index contributed by atoms with van der Waals surface area (Å²) in [5.41, 5.74) is 0.608. The third kappa shape index (κ3) is 2.60. The summed E-state index contributed by atoms with van der Waals surface area (Å²) in [4.78, 5) is 16.9. The largest absolute Gasteiger partial charge is 0.356 e. The van der Waals surface area contributed by atoms with Crippen molar-refractivity contribution in [3.63, 3.8) is 0 Å². The zero-order valence-corrected chi connectivity index (χ0v) is 10.2. The molecule has 1 aliphatic rings. The summed E-state index contributed by atoms with van der Waals surface area (Å²) in [7, 11) is 2.07. The van der Waals surface area contributed by atoms with Gasteiger partial charge in [-0.3, -0.25) is 4.79 Å². The summed E-state index contributed by atoms with van der Waals surface area (Å²) in [6.07, 6.45) is 2.79. The molecule has 1 aromatic rings. The number of carbonyl (C=O) groups excluding carboxylic acids is 1. The molecule has 1 atom stereocenters. The lowest BCUT2D eigenvalue weighted by atomic mass is 10.2. The van der Waals surface area contributed by atoms with E-state index in [0.717, 1.165) is 24.0 Å². The number of likely N-dealkylation sites (tertiary alicyclic amines) is 1. The Kier molecular flexibility index (Phi) is 3.11. The van der Waals surface area contributed by atoms with Crippen LogP contribution >= 0.6 is 15.9 Å². The second-order valence-electron chi connectivity index (χ2n) is 3.95. The van der Waals surface area contributed by atoms with Gasteiger partial charge in [-0.1, -0.05) is 0 Å². The molecule has 0 radical (unpaired) electrons. The van der Waals surface area contributed by atoms with E-state index in [-0.39, 0.29) is 11.9 Å². The SMILES string of the molecule is CN1CCC(NC(=O)c2cc(Br)c[nH]2)C1. The van der Waals surface area contributed by atoms with Gasteiger partial charge in [-0.25, -0.2) is 0 Å². The van der Waals surface area contributed by atoms with E-state index in [0.29, 0.717) is 5.69 Å². The van der Waals surface area contributed by atoms with Crippen molar-refractivity contribution < 1.29 is 4.79 Å². The molecule has 2 heterocycles. The van der Waals surface area contributed by atoms with Crippen molar-refractivity contribution in [1.29, 1.82) is 0 Å². The van der Waals surface area contributed by atoms with Crippen LogP contribution in [0.3, 0.4) is 0 Å². The molecule has 0 saturated carbocycles. The predicted molar refractivity (Wildman–Crippen MR) is 61.9 cm³/mol. The number of hydrogen-bond donors (Lipinski definition) is 2. The number of nitrogens with one attached hydrogen (secondary N) is 2. The van der Waals surface area contributed by atoms with Crippen LogP contribution in [0.25, 0.3) is 0 Å². The van der Waals surface area contributed by atoms with Gasteiger partial charge in [-0.2, -0.15) is 0 Å². The standard InChI is InChI=1S/C10H14BrN3O/c1-14-3-2-8(6-14)13-10(15)9-4-7(11)5-12-9/h4-5,8,12H,2-3,6H2,1H3,(H,13,15). The van der Waals surface area contributed by atoms with E-state index in [1.165, 1.54) is 0 Å². The highest BCUT2D eigenvalue weighted by Gasteiger charge is 2.21. The summed E-state index contributed by atoms with van der Waals surface area (Å²) in [5.74, 6) is -0.0269. The highest BCUT2D eigenvalue weighted by atomic mass is 79.9. The minimum Gasteiger partial charge on any atom is -0.356 e. The molecule has 5 heteroatoms. The van der Waals surface area contributed by atoms with Gasteiger partial charge in [-0.05, 0) is 42.0 Å². The van der Waals surface area contributed by atoms with Gasteiger partial charge in [0, 0.05) is 23.3 Å². The maximum Gasteiger partial charge on any atom is 0.267 e. The molecule has 4 nitrogen and oxygen atoms in total. The third-order valence-electron chi connectivity index (χ3n) is 2.62. The third-order valence-corrected chi connectivity index (χ3v) is 3.08. The maximum absolute atomic E-state index is 11.7. The molecule has 0 bridgehead atoms. The summed E-state index contributed by atoms with van der Waals surface area (Å²) >= 11 is 3.30. The number of H-pyrrole nitrogens is 1. The fourth-order valence-corrected chi connectivity index (χ4v) is 2.16. The van der Waals surface area contributed by atoms with Crippen molar-refractivity contribution in [2.24, 2.45) is 0 Å². The van der Waals surface area contributed by atoms with Gasteiger partial charge in [-0.15, -0.1) is 0 Å². The number of hydrogen-bond acceptors (Lipinski definition) is 2. The van der Waals surface area contributed by atoms with Crippen LogP contribution in [0, 0.1) is 0 Å². The van der Waals surface area contributed by atoms with Crippen LogP contribution in [-0.2, 0) is 0 Å². The molecule has 1 unspecified atom stereocenters. The summed E-state index contributed by atoms with van der Waals surface area (Å²) in [5, 5.41) is 3.01. The highest BCUT2D eigenvalue weighted by Crippen LogP contribution is 2.12. The molecule has 0 aliphatic carbocycles. The molecular weight excluding hydrogens is 258 g/mol. The van der Waals surface area contributed by atoms with Gasteiger partial charge in [0.2, 0.25) is 0 Å². The number of aromatic nitrogens is 1. The highest BCUT2D eigenvalue weighted by molar-refractivity contribution is 9.10. The molecule has 15 heavy (non-hydrogen) atoms. The molecule has 1 aromatic heterocycles. The van der Waals surface area contributed by atoms with Crippen LogP contribution in [0.4, 0.5) is 0 Å². The van der Waals surface area contributed by atoms with Gasteiger partial charge in [0.25, 0.3) is 5.91 Å². The fraction of sp³-hybridized carbons (Fsp3) is 0.500. The molecule has 82 valence electrons. The van der Waals surface area contributed by atoms with E-state index in [2.05, 4.69) is 38.2 Å². The average molecular weight is 272 g/mol. The lowest BCUT2D eigenvalue weighted by molar-refractivity contribution is 0.0934. The number of rotatable bonds is 2. The average Bonchev–Trinajstić information content (AvgIpc) is 2.75. The fourth-order valence-electron chi connectivity index (χ4n) is 1.81. The Bertz CT molecular complexity index is 363. The van der Waals surface area contributed by atoms with Crippen LogP contribution in [-0.4, -0.2) is 42.0 Å². The molecule has 2 N–H and O–H groups in total. The quantitative estimate of drug-likeness (QED) is 0.850. The van der Waals surface area contributed by atoms with E-state index in [9.17, 15) is 4.79 Å². The van der Waals surface area contributed by atoms with Gasteiger partial charge in [0.15, 0.2) is 0 Å². The molecular formula is C10H14BrN3O. The minimum atomic E-state index is -0.0269. The van der Waals surface area contributed by atoms with Crippen LogP contribution in [0.1, 0.15) is 16.9 Å². The predicted octanol–water partition coefficient (Wildman–Crippen LogP) is 1.21. The van der Waals surface area contributed by atoms with Crippen molar-refractivity contribution >= 4 is 21.8 Å². The Hall–Kier alpha value is -0.810. The second kappa shape index (κ2) is 4.37. The lowest BCUT2D eigenvalue weighted by Gasteiger charge is -2.11. The first-order chi connectivity index (χ1) is 7.15. The van der Waals surface area contributed by atoms with Crippen LogP contribution < -0.4 is 5.32 Å². The molecule has 1 aliphatic heterocycles. The smallest absolute Gasteiger partial charge is 0.267 e. The number of amides is 1. The molecule has 1 amide bonds. The first-order valence-corrected chi connectivity index (χ1v) is 5.78. The molecule has 2 rings (SSSR count). The van der Waals surface area contributed by atoms with E-state index < -0.39 is 0 Å². The van der Waals surface area contributed by atoms with Gasteiger partial charge in [0.1, 0.15) is 5.69 Å². The number of aromatic amines is 1. The monoisotopic (exact) mass is 271 g/mol. The summed E-state index contributed by atoms with van der Waals surface area (Å²) in [6.45, 7) is 1.99. The van der Waals surface area contributed by atoms with E-state index in [1.54, 1.807) is 12.3 Å². The van der Waals surface area contributed by atoms with Crippen LogP contribution in [0.15, 0.2) is 16.7 Å². The Morgan fingerprint density at radius 3 is 3.07 bits per heavy atom. The Morgan fingerprint density at radius 1 is 1.73 bits per heavy atom. The molecule has 1 saturated heterocycles. The van der Waals surface area contributed by atoms with E-state index in [1.807, 2.05) is 0 Å². The summed E-state index contributed by atoms with van der Waals surface area (Å²) < 4.78 is 0.899. The van der Waals surface area contributed by atoms with Gasteiger partial charge in [0.05, 0.1) is 0 Å². The van der Waals surface area contributed by atoms with Gasteiger partial charge >= 0.3 is 0 Å². The van der Waals surface area contributed by atoms with Crippen molar-refractivity contribution in [2.45, 2.75) is 12.5 Å². The number of carbonyl (C=O) groups is 1. The zero-order chi connectivity index (χ0) is 10.8. The first-order valence-electron chi connectivity index (χ1n) is 4.98.